The van der Waals surface area contributed by atoms with Crippen molar-refractivity contribution in [1.29, 1.82) is 0 Å². The van der Waals surface area contributed by atoms with E-state index in [1.165, 1.54) is 12.1 Å². The Balaban J connectivity index is 2.20. The van der Waals surface area contributed by atoms with Crippen LogP contribution in [0.25, 0.3) is 0 Å². The highest BCUT2D eigenvalue weighted by Crippen LogP contribution is 2.31. The van der Waals surface area contributed by atoms with Crippen LogP contribution in [0, 0.1) is 0 Å². The van der Waals surface area contributed by atoms with Gasteiger partial charge in [0.2, 0.25) is 0 Å². The van der Waals surface area contributed by atoms with Crippen LogP contribution in [0.5, 0.6) is 11.5 Å². The van der Waals surface area contributed by atoms with Gasteiger partial charge in [0.25, 0.3) is 5.91 Å². The van der Waals surface area contributed by atoms with Crippen molar-refractivity contribution < 1.29 is 14.3 Å². The summed E-state index contributed by atoms with van der Waals surface area (Å²) in [6.45, 7) is 5.20. The lowest BCUT2D eigenvalue weighted by atomic mass is 10.2. The summed E-state index contributed by atoms with van der Waals surface area (Å²) in [7, 11) is 0. The van der Waals surface area contributed by atoms with Gasteiger partial charge in [0.15, 0.2) is 11.5 Å². The van der Waals surface area contributed by atoms with Gasteiger partial charge < -0.3 is 14.8 Å². The van der Waals surface area contributed by atoms with E-state index in [0.717, 1.165) is 12.8 Å². The molecule has 25 heavy (non-hydrogen) atoms. The molecule has 1 amide bonds. The zero-order chi connectivity index (χ0) is 18.2. The molecule has 0 spiro atoms. The predicted octanol–water partition coefficient (Wildman–Crippen LogP) is 5.22. The molecule has 0 saturated heterocycles. The van der Waals surface area contributed by atoms with E-state index in [4.69, 9.17) is 32.7 Å². The second-order valence-corrected chi connectivity index (χ2v) is 6.07. The smallest absolute Gasteiger partial charge is 0.275 e. The van der Waals surface area contributed by atoms with Crippen LogP contribution in [0.2, 0.25) is 10.2 Å². The first kappa shape index (κ1) is 19.3. The summed E-state index contributed by atoms with van der Waals surface area (Å²) in [6.07, 6.45) is 1.76. The summed E-state index contributed by atoms with van der Waals surface area (Å²) in [5, 5.41) is 3.17. The van der Waals surface area contributed by atoms with Crippen molar-refractivity contribution >= 4 is 34.8 Å². The van der Waals surface area contributed by atoms with Crippen molar-refractivity contribution in [3.05, 3.63) is 46.2 Å². The number of nitrogens with zero attached hydrogens (tertiary/aromatic N) is 1. The van der Waals surface area contributed by atoms with E-state index in [0.29, 0.717) is 30.4 Å². The summed E-state index contributed by atoms with van der Waals surface area (Å²) < 4.78 is 11.4. The molecule has 0 radical (unpaired) electrons. The monoisotopic (exact) mass is 382 g/mol. The fourth-order valence-electron chi connectivity index (χ4n) is 2.01. The molecule has 1 N–H and O–H groups in total. The van der Waals surface area contributed by atoms with Gasteiger partial charge in [0.05, 0.1) is 18.2 Å². The molecule has 0 saturated carbocycles. The first-order valence-corrected chi connectivity index (χ1v) is 8.83. The predicted molar refractivity (Wildman–Crippen MR) is 100 cm³/mol. The molecule has 0 aliphatic rings. The molecule has 0 atom stereocenters. The van der Waals surface area contributed by atoms with Gasteiger partial charge in [-0.3, -0.25) is 4.79 Å². The Morgan fingerprint density at radius 1 is 1.04 bits per heavy atom. The zero-order valence-corrected chi connectivity index (χ0v) is 15.7. The first-order valence-electron chi connectivity index (χ1n) is 8.08. The maximum Gasteiger partial charge on any atom is 0.275 e. The van der Waals surface area contributed by atoms with Crippen LogP contribution >= 0.6 is 23.2 Å². The molecular formula is C18H20Cl2N2O3. The quantitative estimate of drug-likeness (QED) is 0.635. The number of nitrogens with one attached hydrogen (secondary N) is 1. The van der Waals surface area contributed by atoms with Crippen LogP contribution in [0.4, 0.5) is 5.69 Å². The normalized spacial score (nSPS) is 10.4. The largest absolute Gasteiger partial charge is 0.490 e. The Hall–Kier alpha value is -1.98. The number of rotatable bonds is 8. The van der Waals surface area contributed by atoms with E-state index < -0.39 is 5.91 Å². The van der Waals surface area contributed by atoms with Crippen molar-refractivity contribution in [3.8, 4) is 11.5 Å². The third-order valence-corrected chi connectivity index (χ3v) is 3.67. The van der Waals surface area contributed by atoms with Crippen molar-refractivity contribution in [2.24, 2.45) is 0 Å². The minimum Gasteiger partial charge on any atom is -0.490 e. The lowest BCUT2D eigenvalue weighted by molar-refractivity contribution is 0.102. The Morgan fingerprint density at radius 2 is 1.72 bits per heavy atom. The summed E-state index contributed by atoms with van der Waals surface area (Å²) in [6, 6.07) is 8.28. The van der Waals surface area contributed by atoms with Gasteiger partial charge in [-0.1, -0.05) is 37.0 Å². The van der Waals surface area contributed by atoms with Crippen LogP contribution in [0.3, 0.4) is 0 Å². The molecule has 2 aromatic rings. The number of hydrogen-bond acceptors (Lipinski definition) is 4. The first-order chi connectivity index (χ1) is 12.0. The Morgan fingerprint density at radius 3 is 2.40 bits per heavy atom. The Bertz CT molecular complexity index is 738. The molecule has 0 aliphatic heterocycles. The van der Waals surface area contributed by atoms with Gasteiger partial charge in [-0.2, -0.15) is 0 Å². The van der Waals surface area contributed by atoms with E-state index >= 15 is 0 Å². The lowest BCUT2D eigenvalue weighted by Crippen LogP contribution is -2.14. The number of pyridine rings is 1. The molecule has 0 aliphatic carbocycles. The summed E-state index contributed by atoms with van der Waals surface area (Å²) >= 11 is 11.8. The number of hydrogen-bond donors (Lipinski definition) is 1. The van der Waals surface area contributed by atoms with Crippen molar-refractivity contribution in [2.45, 2.75) is 26.7 Å². The molecule has 134 valence electrons. The van der Waals surface area contributed by atoms with E-state index in [1.807, 2.05) is 13.8 Å². The lowest BCUT2D eigenvalue weighted by Gasteiger charge is -2.14. The van der Waals surface area contributed by atoms with E-state index in [1.54, 1.807) is 18.2 Å². The number of anilines is 1. The highest BCUT2D eigenvalue weighted by molar-refractivity contribution is 6.35. The second kappa shape index (κ2) is 9.49. The van der Waals surface area contributed by atoms with E-state index in [-0.39, 0.29) is 15.9 Å². The van der Waals surface area contributed by atoms with Gasteiger partial charge >= 0.3 is 0 Å². The minimum atomic E-state index is -0.448. The molecule has 1 aromatic carbocycles. The Kier molecular flexibility index (Phi) is 7.34. The third-order valence-electron chi connectivity index (χ3n) is 3.15. The van der Waals surface area contributed by atoms with Gasteiger partial charge in [0.1, 0.15) is 10.8 Å². The van der Waals surface area contributed by atoms with Crippen LogP contribution in [-0.2, 0) is 0 Å². The molecule has 0 fully saturated rings. The van der Waals surface area contributed by atoms with Crippen LogP contribution in [0.15, 0.2) is 30.3 Å². The maximum atomic E-state index is 12.4. The van der Waals surface area contributed by atoms with Crippen LogP contribution in [0.1, 0.15) is 37.2 Å². The molecule has 2 rings (SSSR count). The second-order valence-electron chi connectivity index (χ2n) is 5.28. The average molecular weight is 383 g/mol. The topological polar surface area (TPSA) is 60.5 Å². The summed E-state index contributed by atoms with van der Waals surface area (Å²) in [4.78, 5) is 16.3. The molecule has 0 unspecified atom stereocenters. The molecule has 5 nitrogen and oxygen atoms in total. The highest BCUT2D eigenvalue weighted by atomic mass is 35.5. The number of aromatic nitrogens is 1. The molecule has 0 bridgehead atoms. The fourth-order valence-corrected chi connectivity index (χ4v) is 2.35. The van der Waals surface area contributed by atoms with Crippen LogP contribution in [-0.4, -0.2) is 24.1 Å². The van der Waals surface area contributed by atoms with Crippen LogP contribution < -0.4 is 14.8 Å². The van der Waals surface area contributed by atoms with Crippen molar-refractivity contribution in [2.75, 3.05) is 18.5 Å². The van der Waals surface area contributed by atoms with Crippen molar-refractivity contribution in [1.82, 2.24) is 4.98 Å². The van der Waals surface area contributed by atoms with Gasteiger partial charge in [0, 0.05) is 11.8 Å². The van der Waals surface area contributed by atoms with Gasteiger partial charge in [-0.25, -0.2) is 4.98 Å². The van der Waals surface area contributed by atoms with Gasteiger partial charge in [-0.15, -0.1) is 0 Å². The zero-order valence-electron chi connectivity index (χ0n) is 14.1. The fraction of sp³-hybridized carbons (Fsp3) is 0.333. The number of carbonyl (C=O) groups excluding carboxylic acids is 1. The number of carbonyl (C=O) groups is 1. The standard InChI is InChI=1S/C18H20Cl2N2O3/c1-3-9-24-14-7-5-12(11-15(14)25-10-4-2)21-18(23)17-13(19)6-8-16(20)22-17/h5-8,11H,3-4,9-10H2,1-2H3,(H,21,23). The summed E-state index contributed by atoms with van der Waals surface area (Å²) in [5.41, 5.74) is 0.620. The highest BCUT2D eigenvalue weighted by Gasteiger charge is 2.15. The number of ether oxygens (including phenoxy) is 2. The third kappa shape index (κ3) is 5.51. The molecular weight excluding hydrogens is 363 g/mol. The molecule has 1 aromatic heterocycles. The van der Waals surface area contributed by atoms with Gasteiger partial charge in [-0.05, 0) is 37.1 Å². The SMILES string of the molecule is CCCOc1ccc(NC(=O)c2nc(Cl)ccc2Cl)cc1OCCC. The molecule has 1 heterocycles. The number of benzene rings is 1. The summed E-state index contributed by atoms with van der Waals surface area (Å²) in [5.74, 6) is 0.779. The van der Waals surface area contributed by atoms with E-state index in [9.17, 15) is 4.79 Å². The van der Waals surface area contributed by atoms with Crippen molar-refractivity contribution in [3.63, 3.8) is 0 Å². The number of amides is 1. The molecule has 7 heteroatoms. The Labute approximate surface area is 157 Å². The van der Waals surface area contributed by atoms with E-state index in [2.05, 4.69) is 10.3 Å². The maximum absolute atomic E-state index is 12.4. The minimum absolute atomic E-state index is 0.0662. The number of halogens is 2. The average Bonchev–Trinajstić information content (AvgIpc) is 2.61.